The normalized spacial score (nSPS) is 13.5. The Morgan fingerprint density at radius 1 is 0.359 bits per heavy atom. The Bertz CT molecular complexity index is 3960. The Morgan fingerprint density at radius 3 is 1.51 bits per heavy atom. The maximum atomic E-state index is 2.65. The Balaban J connectivity index is 1.15. The van der Waals surface area contributed by atoms with Gasteiger partial charge < -0.3 is 19.3 Å². The summed E-state index contributed by atoms with van der Waals surface area (Å²) in [7, 11) is 0. The third-order valence-corrected chi connectivity index (χ3v) is 16.8. The molecule has 0 saturated heterocycles. The fourth-order valence-electron chi connectivity index (χ4n) is 12.6. The lowest BCUT2D eigenvalue weighted by Crippen LogP contribution is -2.61. The van der Waals surface area contributed by atoms with Crippen molar-refractivity contribution in [2.24, 2.45) is 0 Å². The van der Waals surface area contributed by atoms with Crippen LogP contribution in [0, 0.1) is 20.8 Å². The third-order valence-electron chi connectivity index (χ3n) is 16.8. The SMILES string of the molecule is Cc1cc2c3c(c1)N(c1c(C)cc(C(C)(C)C)cc1C)c1cc(N(c4ccc(C(C)(C)C)cc4)c4ccc5c6ccccc6n(-c6ccccc6)c5c4)ccc1B3c1cc(C(C)(C)C)ccc1N2c1ccc(C(C)(C)C)cc1. The van der Waals surface area contributed by atoms with E-state index in [2.05, 4.69) is 305 Å². The van der Waals surface area contributed by atoms with E-state index < -0.39 is 0 Å². The fourth-order valence-corrected chi connectivity index (χ4v) is 12.6. The smallest absolute Gasteiger partial charge is 0.252 e. The molecule has 0 spiro atoms. The van der Waals surface area contributed by atoms with Gasteiger partial charge in [-0.1, -0.05) is 180 Å². The average Bonchev–Trinajstić information content (AvgIpc) is 3.44. The van der Waals surface area contributed by atoms with E-state index in [4.69, 9.17) is 0 Å². The van der Waals surface area contributed by atoms with Crippen LogP contribution in [0.2, 0.25) is 0 Å². The minimum absolute atomic E-state index is 0.00243. The number of rotatable bonds is 6. The molecular formula is C73H75BN4. The molecule has 5 heteroatoms. The zero-order valence-corrected chi connectivity index (χ0v) is 48.7. The molecule has 390 valence electrons. The largest absolute Gasteiger partial charge is 0.311 e. The molecule has 0 N–H and O–H groups in total. The molecule has 78 heavy (non-hydrogen) atoms. The first-order chi connectivity index (χ1) is 37.0. The van der Waals surface area contributed by atoms with Crippen molar-refractivity contribution in [2.75, 3.05) is 14.7 Å². The molecule has 10 aromatic rings. The van der Waals surface area contributed by atoms with E-state index in [1.165, 1.54) is 111 Å². The number of benzene rings is 9. The van der Waals surface area contributed by atoms with E-state index in [1.807, 2.05) is 0 Å². The fraction of sp³-hybridized carbons (Fsp3) is 0.260. The van der Waals surface area contributed by atoms with Gasteiger partial charge in [-0.15, -0.1) is 0 Å². The summed E-state index contributed by atoms with van der Waals surface area (Å²) in [4.78, 5) is 7.70. The predicted molar refractivity (Wildman–Crippen MR) is 338 cm³/mol. The van der Waals surface area contributed by atoms with Gasteiger partial charge in [-0.25, -0.2) is 0 Å². The summed E-state index contributed by atoms with van der Waals surface area (Å²) >= 11 is 0. The molecule has 0 bridgehead atoms. The van der Waals surface area contributed by atoms with Crippen LogP contribution in [0.5, 0.6) is 0 Å². The highest BCUT2D eigenvalue weighted by Crippen LogP contribution is 2.49. The lowest BCUT2D eigenvalue weighted by atomic mass is 9.33. The molecule has 0 saturated carbocycles. The highest BCUT2D eigenvalue weighted by molar-refractivity contribution is 7.00. The standard InChI is InChI=1S/C73H75BN4/c1-46-39-66-68-67(40-46)78(69-47(2)41-52(42-48(69)3)73(13,14)15)65-45-57(35-37-60(65)74(68)61-43-51(72(10,11)12)29-38-63(61)77(66)55-32-27-50(28-33-55)71(7,8)9)75(54-30-25-49(26-31-54)70(4,5)6)56-34-36-59-58-23-19-20-24-62(58)76(64(59)44-56)53-21-17-16-18-22-53/h16-45H,1-15H3. The highest BCUT2D eigenvalue weighted by Gasteiger charge is 2.45. The predicted octanol–water partition coefficient (Wildman–Crippen LogP) is 18.5. The quantitative estimate of drug-likeness (QED) is 0.154. The maximum Gasteiger partial charge on any atom is 0.252 e. The van der Waals surface area contributed by atoms with Gasteiger partial charge in [-0.3, -0.25) is 0 Å². The van der Waals surface area contributed by atoms with Crippen LogP contribution in [-0.4, -0.2) is 11.3 Å². The minimum Gasteiger partial charge on any atom is -0.311 e. The second-order valence-corrected chi connectivity index (χ2v) is 26.6. The van der Waals surface area contributed by atoms with Crippen LogP contribution in [0.4, 0.5) is 51.2 Å². The number of hydrogen-bond acceptors (Lipinski definition) is 3. The molecule has 12 rings (SSSR count). The zero-order valence-electron chi connectivity index (χ0n) is 48.7. The first-order valence-electron chi connectivity index (χ1n) is 28.2. The molecule has 2 aliphatic heterocycles. The van der Waals surface area contributed by atoms with Crippen LogP contribution < -0.4 is 31.1 Å². The summed E-state index contributed by atoms with van der Waals surface area (Å²) in [5, 5.41) is 2.47. The van der Waals surface area contributed by atoms with Crippen molar-refractivity contribution < 1.29 is 0 Å². The van der Waals surface area contributed by atoms with Crippen molar-refractivity contribution in [1.82, 2.24) is 4.57 Å². The third kappa shape index (κ3) is 8.53. The van der Waals surface area contributed by atoms with E-state index in [9.17, 15) is 0 Å². The van der Waals surface area contributed by atoms with Gasteiger partial charge >= 0.3 is 0 Å². The van der Waals surface area contributed by atoms with Crippen molar-refractivity contribution in [3.63, 3.8) is 0 Å². The second-order valence-electron chi connectivity index (χ2n) is 26.6. The van der Waals surface area contributed by atoms with E-state index in [0.717, 1.165) is 22.7 Å². The molecule has 0 aliphatic carbocycles. The maximum absolute atomic E-state index is 2.65. The zero-order chi connectivity index (χ0) is 55.0. The van der Waals surface area contributed by atoms with Gasteiger partial charge in [0.15, 0.2) is 0 Å². The van der Waals surface area contributed by atoms with Crippen LogP contribution in [0.3, 0.4) is 0 Å². The Labute approximate surface area is 465 Å². The van der Waals surface area contributed by atoms with Gasteiger partial charge in [0.2, 0.25) is 0 Å². The van der Waals surface area contributed by atoms with Gasteiger partial charge in [-0.05, 0) is 183 Å². The monoisotopic (exact) mass is 1020 g/mol. The van der Waals surface area contributed by atoms with Crippen LogP contribution in [0.15, 0.2) is 182 Å². The highest BCUT2D eigenvalue weighted by atomic mass is 15.2. The summed E-state index contributed by atoms with van der Waals surface area (Å²) in [5.74, 6) is 0. The molecule has 0 radical (unpaired) electrons. The van der Waals surface area contributed by atoms with Crippen LogP contribution in [0.25, 0.3) is 27.5 Å². The molecule has 2 aliphatic rings. The van der Waals surface area contributed by atoms with Gasteiger partial charge in [-0.2, -0.15) is 0 Å². The molecule has 0 unspecified atom stereocenters. The molecule has 1 aromatic heterocycles. The molecule has 0 amide bonds. The number of fused-ring (bicyclic) bond motifs is 7. The van der Waals surface area contributed by atoms with Crippen molar-refractivity contribution >= 4 is 96.1 Å². The number of aryl methyl sites for hydroxylation is 3. The molecule has 9 aromatic carbocycles. The number of nitrogens with zero attached hydrogens (tertiary/aromatic N) is 4. The lowest BCUT2D eigenvalue weighted by Gasteiger charge is -2.45. The first-order valence-corrected chi connectivity index (χ1v) is 28.2. The number of aromatic nitrogens is 1. The molecular weight excluding hydrogens is 944 g/mol. The Morgan fingerprint density at radius 2 is 0.885 bits per heavy atom. The van der Waals surface area contributed by atoms with Gasteiger partial charge in [0.25, 0.3) is 6.71 Å². The van der Waals surface area contributed by atoms with E-state index in [-0.39, 0.29) is 28.4 Å². The minimum atomic E-state index is -0.0582. The van der Waals surface area contributed by atoms with Crippen molar-refractivity contribution in [3.8, 4) is 5.69 Å². The molecule has 3 heterocycles. The Kier molecular flexibility index (Phi) is 11.9. The Hall–Kier alpha value is -7.76. The summed E-state index contributed by atoms with van der Waals surface area (Å²) in [5.41, 5.74) is 27.1. The number of para-hydroxylation sites is 2. The summed E-state index contributed by atoms with van der Waals surface area (Å²) < 4.78 is 2.43. The number of anilines is 9. The average molecular weight is 1020 g/mol. The van der Waals surface area contributed by atoms with E-state index in [1.54, 1.807) is 0 Å². The summed E-state index contributed by atoms with van der Waals surface area (Å²) in [6.45, 7) is 34.7. The van der Waals surface area contributed by atoms with Gasteiger partial charge in [0.05, 0.1) is 16.7 Å². The lowest BCUT2D eigenvalue weighted by molar-refractivity contribution is 0.589. The second kappa shape index (κ2) is 18.2. The van der Waals surface area contributed by atoms with Crippen molar-refractivity contribution in [1.29, 1.82) is 0 Å². The van der Waals surface area contributed by atoms with Crippen LogP contribution in [0.1, 0.15) is 122 Å². The molecule has 0 atom stereocenters. The number of hydrogen-bond donors (Lipinski definition) is 0. The van der Waals surface area contributed by atoms with E-state index >= 15 is 0 Å². The molecule has 0 fully saturated rings. The topological polar surface area (TPSA) is 14.7 Å². The van der Waals surface area contributed by atoms with Crippen molar-refractivity contribution in [2.45, 2.75) is 126 Å². The van der Waals surface area contributed by atoms with Crippen LogP contribution in [-0.2, 0) is 21.7 Å². The first kappa shape index (κ1) is 51.0. The van der Waals surface area contributed by atoms with E-state index in [0.29, 0.717) is 0 Å². The van der Waals surface area contributed by atoms with Gasteiger partial charge in [0.1, 0.15) is 0 Å². The van der Waals surface area contributed by atoms with Crippen molar-refractivity contribution in [3.05, 3.63) is 221 Å². The summed E-state index contributed by atoms with van der Waals surface area (Å²) in [6, 6.07) is 69.9. The molecule has 4 nitrogen and oxygen atoms in total. The van der Waals surface area contributed by atoms with Gasteiger partial charge in [0, 0.05) is 62.0 Å². The summed E-state index contributed by atoms with van der Waals surface area (Å²) in [6.07, 6.45) is 0. The van der Waals surface area contributed by atoms with Crippen LogP contribution >= 0.6 is 0 Å².